The molecule has 0 spiro atoms. The largest absolute Gasteiger partial charge is 0.329 e. The molecule has 0 bridgehead atoms. The molecular formula is C12H26N2. The van der Waals surface area contributed by atoms with Crippen molar-refractivity contribution < 1.29 is 0 Å². The molecule has 0 aromatic rings. The SMILES string of the molecule is CC(CN)N[C@H](C)C1CCCCCC1. The van der Waals surface area contributed by atoms with E-state index in [0.717, 1.165) is 12.5 Å². The Kier molecular flexibility index (Phi) is 5.49. The van der Waals surface area contributed by atoms with Crippen molar-refractivity contribution in [3.8, 4) is 0 Å². The quantitative estimate of drug-likeness (QED) is 0.680. The topological polar surface area (TPSA) is 38.0 Å². The first kappa shape index (κ1) is 12.0. The lowest BCUT2D eigenvalue weighted by atomic mass is 9.92. The summed E-state index contributed by atoms with van der Waals surface area (Å²) < 4.78 is 0. The Bertz CT molecular complexity index is 139. The summed E-state index contributed by atoms with van der Waals surface area (Å²) in [5.74, 6) is 0.881. The van der Waals surface area contributed by atoms with Crippen LogP contribution in [0.4, 0.5) is 0 Å². The van der Waals surface area contributed by atoms with Crippen molar-refractivity contribution in [1.82, 2.24) is 5.32 Å². The number of nitrogens with one attached hydrogen (secondary N) is 1. The lowest BCUT2D eigenvalue weighted by Gasteiger charge is -2.26. The van der Waals surface area contributed by atoms with Gasteiger partial charge < -0.3 is 11.1 Å². The summed E-state index contributed by atoms with van der Waals surface area (Å²) in [4.78, 5) is 0. The zero-order valence-electron chi connectivity index (χ0n) is 9.76. The van der Waals surface area contributed by atoms with E-state index in [-0.39, 0.29) is 0 Å². The van der Waals surface area contributed by atoms with Crippen LogP contribution in [-0.2, 0) is 0 Å². The molecule has 0 aromatic carbocycles. The number of nitrogens with two attached hydrogens (primary N) is 1. The van der Waals surface area contributed by atoms with Gasteiger partial charge in [-0.05, 0) is 32.6 Å². The molecule has 0 radical (unpaired) electrons. The second-order valence-electron chi connectivity index (χ2n) is 4.84. The van der Waals surface area contributed by atoms with Crippen LogP contribution < -0.4 is 11.1 Å². The highest BCUT2D eigenvalue weighted by atomic mass is 15.0. The monoisotopic (exact) mass is 198 g/mol. The van der Waals surface area contributed by atoms with Crippen LogP contribution in [0.1, 0.15) is 52.4 Å². The summed E-state index contributed by atoms with van der Waals surface area (Å²) in [6.45, 7) is 5.24. The van der Waals surface area contributed by atoms with E-state index in [1.54, 1.807) is 0 Å². The summed E-state index contributed by atoms with van der Waals surface area (Å²) in [6, 6.07) is 1.11. The van der Waals surface area contributed by atoms with Gasteiger partial charge in [-0.2, -0.15) is 0 Å². The van der Waals surface area contributed by atoms with Crippen molar-refractivity contribution in [2.24, 2.45) is 11.7 Å². The number of hydrogen-bond acceptors (Lipinski definition) is 2. The standard InChI is InChI=1S/C12H26N2/c1-10(9-13)14-11(2)12-7-5-3-4-6-8-12/h10-12,14H,3-9,13H2,1-2H3/t10?,11-/m1/s1. The van der Waals surface area contributed by atoms with Gasteiger partial charge in [0.15, 0.2) is 0 Å². The maximum absolute atomic E-state index is 5.62. The van der Waals surface area contributed by atoms with E-state index in [4.69, 9.17) is 5.73 Å². The Morgan fingerprint density at radius 1 is 1.14 bits per heavy atom. The highest BCUT2D eigenvalue weighted by molar-refractivity contribution is 4.77. The van der Waals surface area contributed by atoms with Gasteiger partial charge in [0.05, 0.1) is 0 Å². The van der Waals surface area contributed by atoms with Gasteiger partial charge in [-0.25, -0.2) is 0 Å². The zero-order valence-corrected chi connectivity index (χ0v) is 9.76. The van der Waals surface area contributed by atoms with Crippen LogP contribution in [-0.4, -0.2) is 18.6 Å². The smallest absolute Gasteiger partial charge is 0.0164 e. The minimum Gasteiger partial charge on any atom is -0.329 e. The normalized spacial score (nSPS) is 24.2. The minimum atomic E-state index is 0.466. The Morgan fingerprint density at radius 2 is 1.71 bits per heavy atom. The Labute approximate surface area is 88.6 Å². The van der Waals surface area contributed by atoms with E-state index in [1.165, 1.54) is 38.5 Å². The van der Waals surface area contributed by atoms with Crippen molar-refractivity contribution in [3.05, 3.63) is 0 Å². The van der Waals surface area contributed by atoms with Crippen LogP contribution in [0.2, 0.25) is 0 Å². The predicted molar refractivity (Wildman–Crippen MR) is 62.3 cm³/mol. The summed E-state index contributed by atoms with van der Waals surface area (Å²) in [6.07, 6.45) is 8.55. The van der Waals surface area contributed by atoms with Crippen LogP contribution >= 0.6 is 0 Å². The Balaban J connectivity index is 2.30. The fourth-order valence-corrected chi connectivity index (χ4v) is 2.46. The molecule has 1 saturated carbocycles. The fraction of sp³-hybridized carbons (Fsp3) is 1.00. The number of rotatable bonds is 4. The third-order valence-corrected chi connectivity index (χ3v) is 3.51. The van der Waals surface area contributed by atoms with Crippen molar-refractivity contribution in [1.29, 1.82) is 0 Å². The van der Waals surface area contributed by atoms with E-state index in [2.05, 4.69) is 19.2 Å². The molecule has 1 rings (SSSR count). The summed E-state index contributed by atoms with van der Waals surface area (Å²) in [7, 11) is 0. The first-order valence-corrected chi connectivity index (χ1v) is 6.20. The molecule has 2 atom stereocenters. The molecule has 1 aliphatic carbocycles. The van der Waals surface area contributed by atoms with E-state index in [1.807, 2.05) is 0 Å². The lowest BCUT2D eigenvalue weighted by Crippen LogP contribution is -2.42. The van der Waals surface area contributed by atoms with Crippen LogP contribution in [0.3, 0.4) is 0 Å². The Morgan fingerprint density at radius 3 is 2.21 bits per heavy atom. The van der Waals surface area contributed by atoms with Crippen LogP contribution in [0.5, 0.6) is 0 Å². The maximum Gasteiger partial charge on any atom is 0.0164 e. The molecule has 84 valence electrons. The lowest BCUT2D eigenvalue weighted by molar-refractivity contribution is 0.316. The molecule has 14 heavy (non-hydrogen) atoms. The van der Waals surface area contributed by atoms with Gasteiger partial charge in [-0.3, -0.25) is 0 Å². The van der Waals surface area contributed by atoms with Crippen LogP contribution in [0, 0.1) is 5.92 Å². The molecule has 0 aliphatic heterocycles. The highest BCUT2D eigenvalue weighted by Gasteiger charge is 2.19. The van der Waals surface area contributed by atoms with Crippen LogP contribution in [0.25, 0.3) is 0 Å². The summed E-state index contributed by atoms with van der Waals surface area (Å²) in [5.41, 5.74) is 5.62. The number of hydrogen-bond donors (Lipinski definition) is 2. The molecule has 1 unspecified atom stereocenters. The Hall–Kier alpha value is -0.0800. The molecule has 2 heteroatoms. The minimum absolute atomic E-state index is 0.466. The predicted octanol–water partition coefficient (Wildman–Crippen LogP) is 2.28. The first-order valence-electron chi connectivity index (χ1n) is 6.20. The van der Waals surface area contributed by atoms with Crippen molar-refractivity contribution in [3.63, 3.8) is 0 Å². The van der Waals surface area contributed by atoms with E-state index in [0.29, 0.717) is 12.1 Å². The molecule has 0 heterocycles. The average molecular weight is 198 g/mol. The molecular weight excluding hydrogens is 172 g/mol. The van der Waals surface area contributed by atoms with Crippen molar-refractivity contribution in [2.45, 2.75) is 64.5 Å². The average Bonchev–Trinajstić information content (AvgIpc) is 2.45. The van der Waals surface area contributed by atoms with Gasteiger partial charge in [0, 0.05) is 18.6 Å². The zero-order chi connectivity index (χ0) is 10.4. The van der Waals surface area contributed by atoms with E-state index >= 15 is 0 Å². The molecule has 0 saturated heterocycles. The second kappa shape index (κ2) is 6.41. The summed E-state index contributed by atoms with van der Waals surface area (Å²) in [5, 5.41) is 3.60. The van der Waals surface area contributed by atoms with Gasteiger partial charge in [-0.1, -0.05) is 25.7 Å². The van der Waals surface area contributed by atoms with Gasteiger partial charge in [-0.15, -0.1) is 0 Å². The second-order valence-corrected chi connectivity index (χ2v) is 4.84. The first-order chi connectivity index (χ1) is 6.74. The van der Waals surface area contributed by atoms with Gasteiger partial charge in [0.1, 0.15) is 0 Å². The molecule has 1 aliphatic rings. The fourth-order valence-electron chi connectivity index (χ4n) is 2.46. The maximum atomic E-state index is 5.62. The molecule has 3 N–H and O–H groups in total. The molecule has 0 aromatic heterocycles. The van der Waals surface area contributed by atoms with Crippen molar-refractivity contribution >= 4 is 0 Å². The molecule has 0 amide bonds. The third-order valence-electron chi connectivity index (χ3n) is 3.51. The summed E-state index contributed by atoms with van der Waals surface area (Å²) >= 11 is 0. The molecule has 2 nitrogen and oxygen atoms in total. The molecule has 1 fully saturated rings. The van der Waals surface area contributed by atoms with E-state index < -0.39 is 0 Å². The van der Waals surface area contributed by atoms with Gasteiger partial charge >= 0.3 is 0 Å². The van der Waals surface area contributed by atoms with E-state index in [9.17, 15) is 0 Å². The van der Waals surface area contributed by atoms with Crippen LogP contribution in [0.15, 0.2) is 0 Å². The third kappa shape index (κ3) is 3.97. The van der Waals surface area contributed by atoms with Gasteiger partial charge in [0.2, 0.25) is 0 Å². The van der Waals surface area contributed by atoms with Crippen molar-refractivity contribution in [2.75, 3.05) is 6.54 Å². The highest BCUT2D eigenvalue weighted by Crippen LogP contribution is 2.25. The van der Waals surface area contributed by atoms with Gasteiger partial charge in [0.25, 0.3) is 0 Å².